The summed E-state index contributed by atoms with van der Waals surface area (Å²) in [6, 6.07) is 7.82. The van der Waals surface area contributed by atoms with Crippen LogP contribution in [0.25, 0.3) is 0 Å². The summed E-state index contributed by atoms with van der Waals surface area (Å²) in [7, 11) is 0. The molecular weight excluding hydrogens is 238 g/mol. The molecule has 0 radical (unpaired) electrons. The summed E-state index contributed by atoms with van der Waals surface area (Å²) in [4.78, 5) is 14.2. The Kier molecular flexibility index (Phi) is 4.24. The maximum atomic E-state index is 11.2. The molecule has 0 spiro atoms. The molecule has 1 unspecified atom stereocenters. The predicted molar refractivity (Wildman–Crippen MR) is 67.6 cm³/mol. The Morgan fingerprint density at radius 1 is 1.53 bits per heavy atom. The number of carbonyl (C=O) groups excluding carboxylic acids is 1. The lowest BCUT2D eigenvalue weighted by molar-refractivity contribution is 0.201. The molecule has 3 N–H and O–H groups in total. The SMILES string of the molecule is CCNC(=O)Oc1ccc(C2CSNN2)cc1. The van der Waals surface area contributed by atoms with Crippen LogP contribution in [0.4, 0.5) is 4.79 Å². The van der Waals surface area contributed by atoms with Gasteiger partial charge in [0.1, 0.15) is 5.75 Å². The minimum Gasteiger partial charge on any atom is -0.410 e. The van der Waals surface area contributed by atoms with Crippen LogP contribution >= 0.6 is 11.9 Å². The Morgan fingerprint density at radius 3 is 2.88 bits per heavy atom. The van der Waals surface area contributed by atoms with Crippen LogP contribution in [0, 0.1) is 0 Å². The monoisotopic (exact) mass is 253 g/mol. The smallest absolute Gasteiger partial charge is 0.410 e. The molecule has 1 aromatic carbocycles. The standard InChI is InChI=1S/C11H15N3O2S/c1-2-12-11(15)16-9-5-3-8(4-6-9)10-7-17-14-13-10/h3-6,10,13-14H,2,7H2,1H3,(H,12,15). The zero-order chi connectivity index (χ0) is 12.1. The van der Waals surface area contributed by atoms with E-state index in [4.69, 9.17) is 4.74 Å². The van der Waals surface area contributed by atoms with Gasteiger partial charge in [-0.2, -0.15) is 0 Å². The molecule has 1 aliphatic heterocycles. The zero-order valence-corrected chi connectivity index (χ0v) is 10.3. The molecule has 1 fully saturated rings. The first kappa shape index (κ1) is 12.2. The third kappa shape index (κ3) is 3.36. The number of hydrogen-bond acceptors (Lipinski definition) is 5. The Balaban J connectivity index is 1.95. The predicted octanol–water partition coefficient (Wildman–Crippen LogP) is 1.59. The highest BCUT2D eigenvalue weighted by Crippen LogP contribution is 2.23. The summed E-state index contributed by atoms with van der Waals surface area (Å²) in [5.41, 5.74) is 4.32. The maximum Gasteiger partial charge on any atom is 0.412 e. The molecule has 1 aliphatic rings. The van der Waals surface area contributed by atoms with Crippen LogP contribution < -0.4 is 20.3 Å². The van der Waals surface area contributed by atoms with Crippen molar-refractivity contribution in [1.82, 2.24) is 15.6 Å². The molecule has 1 atom stereocenters. The highest BCUT2D eigenvalue weighted by molar-refractivity contribution is 7.97. The Labute approximate surface area is 104 Å². The summed E-state index contributed by atoms with van der Waals surface area (Å²) in [6.07, 6.45) is -0.420. The molecule has 92 valence electrons. The van der Waals surface area contributed by atoms with E-state index in [0.29, 0.717) is 18.3 Å². The van der Waals surface area contributed by atoms with Gasteiger partial charge in [0.15, 0.2) is 0 Å². The molecule has 1 heterocycles. The van der Waals surface area contributed by atoms with Crippen molar-refractivity contribution in [3.8, 4) is 5.75 Å². The van der Waals surface area contributed by atoms with Crippen LogP contribution in [0.1, 0.15) is 18.5 Å². The number of benzene rings is 1. The highest BCUT2D eigenvalue weighted by atomic mass is 32.2. The number of rotatable bonds is 3. The third-order valence-electron chi connectivity index (χ3n) is 2.37. The van der Waals surface area contributed by atoms with Crippen LogP contribution in [-0.2, 0) is 0 Å². The number of ether oxygens (including phenoxy) is 1. The molecule has 0 bridgehead atoms. The number of hydrogen-bond donors (Lipinski definition) is 3. The van der Waals surface area contributed by atoms with Gasteiger partial charge in [-0.1, -0.05) is 24.1 Å². The van der Waals surface area contributed by atoms with Crippen molar-refractivity contribution in [3.63, 3.8) is 0 Å². The Morgan fingerprint density at radius 2 is 2.29 bits per heavy atom. The minimum absolute atomic E-state index is 0.304. The van der Waals surface area contributed by atoms with Crippen LogP contribution in [0.2, 0.25) is 0 Å². The van der Waals surface area contributed by atoms with E-state index >= 15 is 0 Å². The van der Waals surface area contributed by atoms with E-state index in [9.17, 15) is 4.79 Å². The van der Waals surface area contributed by atoms with Gasteiger partial charge in [0, 0.05) is 12.3 Å². The molecule has 1 amide bonds. The third-order valence-corrected chi connectivity index (χ3v) is 3.13. The second-order valence-corrected chi connectivity index (χ2v) is 4.43. The second kappa shape index (κ2) is 5.90. The largest absolute Gasteiger partial charge is 0.412 e. The van der Waals surface area contributed by atoms with E-state index in [1.54, 1.807) is 24.1 Å². The maximum absolute atomic E-state index is 11.2. The lowest BCUT2D eigenvalue weighted by Gasteiger charge is -2.10. The van der Waals surface area contributed by atoms with Gasteiger partial charge in [0.2, 0.25) is 0 Å². The molecule has 17 heavy (non-hydrogen) atoms. The minimum atomic E-state index is -0.420. The van der Waals surface area contributed by atoms with Gasteiger partial charge >= 0.3 is 6.09 Å². The van der Waals surface area contributed by atoms with Crippen molar-refractivity contribution in [2.24, 2.45) is 0 Å². The first-order valence-corrected chi connectivity index (χ1v) is 6.46. The van der Waals surface area contributed by atoms with Crippen molar-refractivity contribution < 1.29 is 9.53 Å². The van der Waals surface area contributed by atoms with Gasteiger partial charge in [0.25, 0.3) is 0 Å². The molecule has 6 heteroatoms. The van der Waals surface area contributed by atoms with E-state index in [-0.39, 0.29) is 0 Å². The van der Waals surface area contributed by atoms with Crippen molar-refractivity contribution in [2.45, 2.75) is 13.0 Å². The van der Waals surface area contributed by atoms with Gasteiger partial charge in [-0.3, -0.25) is 0 Å². The van der Waals surface area contributed by atoms with E-state index < -0.39 is 6.09 Å². The number of hydrazine groups is 1. The average Bonchev–Trinajstić information content (AvgIpc) is 2.84. The molecular formula is C11H15N3O2S. The summed E-state index contributed by atoms with van der Waals surface area (Å²) < 4.78 is 5.08. The van der Waals surface area contributed by atoms with E-state index in [0.717, 1.165) is 5.75 Å². The molecule has 0 saturated carbocycles. The zero-order valence-electron chi connectivity index (χ0n) is 9.53. The van der Waals surface area contributed by atoms with Crippen molar-refractivity contribution in [2.75, 3.05) is 12.3 Å². The highest BCUT2D eigenvalue weighted by Gasteiger charge is 2.16. The first-order valence-electron chi connectivity index (χ1n) is 5.47. The molecule has 1 saturated heterocycles. The fourth-order valence-electron chi connectivity index (χ4n) is 1.51. The van der Waals surface area contributed by atoms with Gasteiger partial charge < -0.3 is 10.1 Å². The van der Waals surface area contributed by atoms with Crippen molar-refractivity contribution >= 4 is 18.0 Å². The molecule has 0 aromatic heterocycles. The van der Waals surface area contributed by atoms with Crippen molar-refractivity contribution in [3.05, 3.63) is 29.8 Å². The van der Waals surface area contributed by atoms with Crippen LogP contribution in [0.3, 0.4) is 0 Å². The van der Waals surface area contributed by atoms with Gasteiger partial charge in [-0.25, -0.2) is 15.1 Å². The van der Waals surface area contributed by atoms with Crippen molar-refractivity contribution in [1.29, 1.82) is 0 Å². The summed E-state index contributed by atoms with van der Waals surface area (Å²) >= 11 is 1.64. The summed E-state index contributed by atoms with van der Waals surface area (Å²) in [6.45, 7) is 2.41. The van der Waals surface area contributed by atoms with Crippen LogP contribution in [0.5, 0.6) is 5.75 Å². The van der Waals surface area contributed by atoms with E-state index in [1.807, 2.05) is 19.1 Å². The van der Waals surface area contributed by atoms with E-state index in [2.05, 4.69) is 15.6 Å². The Bertz CT molecular complexity index is 377. The average molecular weight is 253 g/mol. The van der Waals surface area contributed by atoms with Gasteiger partial charge in [-0.05, 0) is 24.6 Å². The summed E-state index contributed by atoms with van der Waals surface area (Å²) in [5, 5.41) is 2.58. The number of amides is 1. The first-order chi connectivity index (χ1) is 8.29. The number of carbonyl (C=O) groups is 1. The Hall–Kier alpha value is -1.24. The fourth-order valence-corrected chi connectivity index (χ4v) is 2.27. The lowest BCUT2D eigenvalue weighted by Crippen LogP contribution is -2.26. The second-order valence-electron chi connectivity index (χ2n) is 3.60. The normalized spacial score (nSPS) is 19.0. The molecule has 2 rings (SSSR count). The quantitative estimate of drug-likeness (QED) is 0.714. The molecule has 1 aromatic rings. The topological polar surface area (TPSA) is 62.4 Å². The van der Waals surface area contributed by atoms with Crippen LogP contribution in [0.15, 0.2) is 24.3 Å². The van der Waals surface area contributed by atoms with Gasteiger partial charge in [0.05, 0.1) is 6.04 Å². The van der Waals surface area contributed by atoms with E-state index in [1.165, 1.54) is 5.56 Å². The lowest BCUT2D eigenvalue weighted by atomic mass is 10.1. The van der Waals surface area contributed by atoms with Crippen LogP contribution in [-0.4, -0.2) is 18.4 Å². The van der Waals surface area contributed by atoms with Gasteiger partial charge in [-0.15, -0.1) is 0 Å². The summed E-state index contributed by atoms with van der Waals surface area (Å²) in [5.74, 6) is 1.54. The number of nitrogens with one attached hydrogen (secondary N) is 3. The fraction of sp³-hybridized carbons (Fsp3) is 0.364. The molecule has 5 nitrogen and oxygen atoms in total. The molecule has 0 aliphatic carbocycles.